The van der Waals surface area contributed by atoms with Crippen LogP contribution in [0.1, 0.15) is 28.9 Å². The monoisotopic (exact) mass is 207 g/mol. The van der Waals surface area contributed by atoms with Crippen molar-refractivity contribution in [1.82, 2.24) is 4.98 Å². The maximum Gasteiger partial charge on any atom is 0.265 e. The Morgan fingerprint density at radius 1 is 1.47 bits per heavy atom. The van der Waals surface area contributed by atoms with E-state index in [-0.39, 0.29) is 28.9 Å². The lowest BCUT2D eigenvalue weighted by Crippen LogP contribution is -2.01. The topological polar surface area (TPSA) is 60.5 Å². The third kappa shape index (κ3) is 2.26. The number of pyridine rings is 1. The van der Waals surface area contributed by atoms with Gasteiger partial charge in [-0.25, -0.2) is 8.78 Å². The summed E-state index contributed by atoms with van der Waals surface area (Å²) in [6, 6.07) is 4.69. The average Bonchev–Trinajstić information content (AvgIpc) is 2.18. The van der Waals surface area contributed by atoms with E-state index in [0.29, 0.717) is 0 Å². The highest BCUT2D eigenvalue weighted by Gasteiger charge is 2.15. The SMILES string of the molecule is Cc1nc(CC#N)c(C#N)cc1C(F)F. The zero-order valence-electron chi connectivity index (χ0n) is 7.96. The Hall–Kier alpha value is -2.01. The molecule has 0 radical (unpaired) electrons. The van der Waals surface area contributed by atoms with E-state index in [9.17, 15) is 8.78 Å². The molecule has 0 saturated carbocycles. The van der Waals surface area contributed by atoms with Gasteiger partial charge in [-0.3, -0.25) is 4.98 Å². The fourth-order valence-corrected chi connectivity index (χ4v) is 1.20. The molecule has 0 amide bonds. The Kier molecular flexibility index (Phi) is 3.30. The number of nitrogens with zero attached hydrogens (tertiary/aromatic N) is 3. The maximum absolute atomic E-state index is 12.4. The van der Waals surface area contributed by atoms with Crippen molar-refractivity contribution in [2.45, 2.75) is 19.8 Å². The number of aryl methyl sites for hydroxylation is 1. The average molecular weight is 207 g/mol. The Balaban J connectivity index is 3.32. The van der Waals surface area contributed by atoms with Gasteiger partial charge in [0.1, 0.15) is 6.07 Å². The fraction of sp³-hybridized carbons (Fsp3) is 0.300. The number of alkyl halides is 2. The third-order valence-corrected chi connectivity index (χ3v) is 1.93. The molecule has 0 unspecified atom stereocenters. The lowest BCUT2D eigenvalue weighted by molar-refractivity contribution is 0.150. The van der Waals surface area contributed by atoms with Crippen LogP contribution in [0.3, 0.4) is 0 Å². The van der Waals surface area contributed by atoms with Crippen LogP contribution in [0.5, 0.6) is 0 Å². The molecule has 0 saturated heterocycles. The Morgan fingerprint density at radius 2 is 2.13 bits per heavy atom. The lowest BCUT2D eigenvalue weighted by Gasteiger charge is -2.06. The van der Waals surface area contributed by atoms with E-state index in [1.165, 1.54) is 6.92 Å². The summed E-state index contributed by atoms with van der Waals surface area (Å²) in [4.78, 5) is 3.83. The quantitative estimate of drug-likeness (QED) is 0.747. The first kappa shape index (κ1) is 11.1. The smallest absolute Gasteiger partial charge is 0.255 e. The normalized spacial score (nSPS) is 9.73. The standard InChI is InChI=1S/C10H7F2N3/c1-6-8(10(11)12)4-7(5-14)9(15-6)2-3-13/h4,10H,2H2,1H3. The van der Waals surface area contributed by atoms with Crippen LogP contribution in [0.15, 0.2) is 6.07 Å². The van der Waals surface area contributed by atoms with Crippen LogP contribution < -0.4 is 0 Å². The number of hydrogen-bond acceptors (Lipinski definition) is 3. The van der Waals surface area contributed by atoms with Gasteiger partial charge in [-0.05, 0) is 13.0 Å². The molecule has 0 fully saturated rings. The van der Waals surface area contributed by atoms with Crippen LogP contribution in [0.25, 0.3) is 0 Å². The molecule has 1 heterocycles. The number of aromatic nitrogens is 1. The third-order valence-electron chi connectivity index (χ3n) is 1.93. The molecule has 0 spiro atoms. The van der Waals surface area contributed by atoms with Crippen molar-refractivity contribution in [2.75, 3.05) is 0 Å². The van der Waals surface area contributed by atoms with Crippen LogP contribution >= 0.6 is 0 Å². The summed E-state index contributed by atoms with van der Waals surface area (Å²) in [6.45, 7) is 1.43. The van der Waals surface area contributed by atoms with Gasteiger partial charge in [0.2, 0.25) is 0 Å². The molecule has 0 bridgehead atoms. The van der Waals surface area contributed by atoms with Crippen molar-refractivity contribution in [3.05, 3.63) is 28.6 Å². The molecule has 3 nitrogen and oxygen atoms in total. The van der Waals surface area contributed by atoms with E-state index in [1.807, 2.05) is 6.07 Å². The summed E-state index contributed by atoms with van der Waals surface area (Å²) in [5.74, 6) is 0. The minimum Gasteiger partial charge on any atom is -0.255 e. The molecule has 1 aromatic rings. The second kappa shape index (κ2) is 4.47. The van der Waals surface area contributed by atoms with Crippen LogP contribution in [0.4, 0.5) is 8.78 Å². The molecule has 0 aliphatic carbocycles. The Morgan fingerprint density at radius 3 is 2.60 bits per heavy atom. The molecule has 0 atom stereocenters. The number of hydrogen-bond donors (Lipinski definition) is 0. The molecular formula is C10H7F2N3. The van der Waals surface area contributed by atoms with Crippen molar-refractivity contribution in [3.8, 4) is 12.1 Å². The Bertz CT molecular complexity index is 455. The lowest BCUT2D eigenvalue weighted by atomic mass is 10.1. The molecule has 1 rings (SSSR count). The molecule has 5 heteroatoms. The highest BCUT2D eigenvalue weighted by Crippen LogP contribution is 2.23. The van der Waals surface area contributed by atoms with E-state index in [0.717, 1.165) is 6.07 Å². The Labute approximate surface area is 85.6 Å². The van der Waals surface area contributed by atoms with Gasteiger partial charge >= 0.3 is 0 Å². The predicted molar refractivity (Wildman–Crippen MR) is 48.0 cm³/mol. The first-order chi connectivity index (χ1) is 7.10. The van der Waals surface area contributed by atoms with Crippen LogP contribution in [0.2, 0.25) is 0 Å². The molecule has 1 aromatic heterocycles. The molecule has 0 aliphatic rings. The number of halogens is 2. The molecule has 0 aromatic carbocycles. The van der Waals surface area contributed by atoms with E-state index in [1.54, 1.807) is 6.07 Å². The predicted octanol–water partition coefficient (Wildman–Crippen LogP) is 2.27. The van der Waals surface area contributed by atoms with Gasteiger partial charge in [-0.2, -0.15) is 10.5 Å². The van der Waals surface area contributed by atoms with Crippen molar-refractivity contribution in [1.29, 1.82) is 10.5 Å². The minimum absolute atomic E-state index is 0.0393. The molecular weight excluding hydrogens is 200 g/mol. The van der Waals surface area contributed by atoms with Crippen LogP contribution in [-0.2, 0) is 6.42 Å². The van der Waals surface area contributed by atoms with Gasteiger partial charge in [-0.1, -0.05) is 0 Å². The summed E-state index contributed by atoms with van der Waals surface area (Å²) >= 11 is 0. The highest BCUT2D eigenvalue weighted by molar-refractivity contribution is 5.40. The van der Waals surface area contributed by atoms with E-state index < -0.39 is 6.43 Å². The zero-order chi connectivity index (χ0) is 11.4. The largest absolute Gasteiger partial charge is 0.265 e. The van der Waals surface area contributed by atoms with E-state index >= 15 is 0 Å². The number of nitriles is 2. The van der Waals surface area contributed by atoms with Gasteiger partial charge < -0.3 is 0 Å². The summed E-state index contributed by atoms with van der Waals surface area (Å²) < 4.78 is 24.9. The van der Waals surface area contributed by atoms with Crippen molar-refractivity contribution < 1.29 is 8.78 Å². The second-order valence-corrected chi connectivity index (χ2v) is 2.90. The summed E-state index contributed by atoms with van der Waals surface area (Å²) in [5.41, 5.74) is 0.196. The molecule has 0 aliphatic heterocycles. The zero-order valence-corrected chi connectivity index (χ0v) is 7.96. The summed E-state index contributed by atoms with van der Waals surface area (Å²) in [7, 11) is 0. The van der Waals surface area contributed by atoms with Gasteiger partial charge in [-0.15, -0.1) is 0 Å². The molecule has 15 heavy (non-hydrogen) atoms. The van der Waals surface area contributed by atoms with Crippen LogP contribution in [0, 0.1) is 29.6 Å². The van der Waals surface area contributed by atoms with Gasteiger partial charge in [0, 0.05) is 11.3 Å². The van der Waals surface area contributed by atoms with E-state index in [2.05, 4.69) is 4.98 Å². The van der Waals surface area contributed by atoms with Gasteiger partial charge in [0.15, 0.2) is 0 Å². The van der Waals surface area contributed by atoms with E-state index in [4.69, 9.17) is 10.5 Å². The number of rotatable bonds is 2. The first-order valence-electron chi connectivity index (χ1n) is 4.15. The second-order valence-electron chi connectivity index (χ2n) is 2.90. The van der Waals surface area contributed by atoms with Gasteiger partial charge in [0.25, 0.3) is 6.43 Å². The maximum atomic E-state index is 12.4. The van der Waals surface area contributed by atoms with Crippen molar-refractivity contribution in [3.63, 3.8) is 0 Å². The summed E-state index contributed by atoms with van der Waals surface area (Å²) in [5, 5.41) is 17.2. The molecule has 76 valence electrons. The summed E-state index contributed by atoms with van der Waals surface area (Å²) in [6.07, 6.45) is -2.70. The van der Waals surface area contributed by atoms with Crippen molar-refractivity contribution >= 4 is 0 Å². The van der Waals surface area contributed by atoms with Gasteiger partial charge in [0.05, 0.1) is 23.7 Å². The first-order valence-corrected chi connectivity index (χ1v) is 4.15. The van der Waals surface area contributed by atoms with Crippen LogP contribution in [-0.4, -0.2) is 4.98 Å². The minimum atomic E-state index is -2.65. The highest BCUT2D eigenvalue weighted by atomic mass is 19.3. The fourth-order valence-electron chi connectivity index (χ4n) is 1.20. The van der Waals surface area contributed by atoms with Crippen molar-refractivity contribution in [2.24, 2.45) is 0 Å². The molecule has 0 N–H and O–H groups in total.